The van der Waals surface area contributed by atoms with Gasteiger partial charge in [-0.2, -0.15) is 0 Å². The Hall–Kier alpha value is -2.57. The quantitative estimate of drug-likeness (QED) is 0.868. The molecule has 25 heavy (non-hydrogen) atoms. The van der Waals surface area contributed by atoms with Gasteiger partial charge in [0.25, 0.3) is 0 Å². The van der Waals surface area contributed by atoms with Crippen molar-refractivity contribution < 1.29 is 19.1 Å². The molecule has 2 rings (SSSR count). The van der Waals surface area contributed by atoms with Crippen molar-refractivity contribution in [2.45, 2.75) is 53.3 Å². The fraction of sp³-hybridized carbons (Fsp3) is 0.500. The number of Topliss-reactive ketones (excluding diaryl/α,β-unsaturated/α-hetero) is 1. The maximum atomic E-state index is 11.8. The Morgan fingerprint density at radius 1 is 1.28 bits per heavy atom. The number of amides is 1. The van der Waals surface area contributed by atoms with Gasteiger partial charge in [-0.25, -0.2) is 9.78 Å². The van der Waals surface area contributed by atoms with Crippen LogP contribution in [0.25, 0.3) is 11.0 Å². The highest BCUT2D eigenvalue weighted by Crippen LogP contribution is 2.22. The number of hydrogen-bond donors (Lipinski definition) is 1. The first kappa shape index (κ1) is 18.8. The number of fused-ring (bicyclic) bond motifs is 1. The van der Waals surface area contributed by atoms with Crippen molar-refractivity contribution in [3.05, 3.63) is 24.0 Å². The number of carbonyl (C=O) groups excluding carboxylic acids is 2. The predicted molar refractivity (Wildman–Crippen MR) is 94.7 cm³/mol. The molecule has 7 heteroatoms. The highest BCUT2D eigenvalue weighted by molar-refractivity contribution is 5.79. The SMILES string of the molecule is CCn1c(CNC(=O)OC(C)(C)C)nc2ccc(OCC(C)=O)cc21. The topological polar surface area (TPSA) is 82.5 Å². The van der Waals surface area contributed by atoms with Gasteiger partial charge in [-0.05, 0) is 46.8 Å². The average Bonchev–Trinajstić information content (AvgIpc) is 2.86. The highest BCUT2D eigenvalue weighted by Gasteiger charge is 2.17. The van der Waals surface area contributed by atoms with Crippen molar-refractivity contribution in [3.8, 4) is 5.75 Å². The summed E-state index contributed by atoms with van der Waals surface area (Å²) in [7, 11) is 0. The fourth-order valence-corrected chi connectivity index (χ4v) is 2.38. The van der Waals surface area contributed by atoms with Crippen LogP contribution in [0.4, 0.5) is 4.79 Å². The molecule has 0 fully saturated rings. The first-order chi connectivity index (χ1) is 11.7. The molecule has 0 aliphatic rings. The van der Waals surface area contributed by atoms with Crippen LogP contribution in [-0.4, -0.2) is 33.6 Å². The van der Waals surface area contributed by atoms with Crippen LogP contribution in [-0.2, 0) is 22.6 Å². The second kappa shape index (κ2) is 7.55. The number of alkyl carbamates (subject to hydrolysis) is 1. The van der Waals surface area contributed by atoms with Crippen LogP contribution in [0.15, 0.2) is 18.2 Å². The third-order valence-electron chi connectivity index (χ3n) is 3.35. The number of imidazole rings is 1. The largest absolute Gasteiger partial charge is 0.486 e. The Morgan fingerprint density at radius 3 is 2.60 bits per heavy atom. The summed E-state index contributed by atoms with van der Waals surface area (Å²) >= 11 is 0. The minimum atomic E-state index is -0.544. The molecule has 0 atom stereocenters. The zero-order valence-electron chi connectivity index (χ0n) is 15.4. The van der Waals surface area contributed by atoms with Crippen molar-refractivity contribution in [1.82, 2.24) is 14.9 Å². The minimum Gasteiger partial charge on any atom is -0.486 e. The molecule has 7 nitrogen and oxygen atoms in total. The van der Waals surface area contributed by atoms with E-state index in [1.54, 1.807) is 6.07 Å². The molecule has 0 aliphatic carbocycles. The maximum absolute atomic E-state index is 11.8. The third-order valence-corrected chi connectivity index (χ3v) is 3.35. The molecule has 0 bridgehead atoms. The molecule has 2 aromatic rings. The average molecular weight is 347 g/mol. The molecule has 0 radical (unpaired) electrons. The molecular weight excluding hydrogens is 322 g/mol. The molecule has 1 amide bonds. The predicted octanol–water partition coefficient (Wildman–Crippen LogP) is 3.05. The Balaban J connectivity index is 2.17. The molecule has 0 unspecified atom stereocenters. The van der Waals surface area contributed by atoms with E-state index >= 15 is 0 Å². The van der Waals surface area contributed by atoms with Crippen LogP contribution >= 0.6 is 0 Å². The summed E-state index contributed by atoms with van der Waals surface area (Å²) in [6, 6.07) is 5.48. The van der Waals surface area contributed by atoms with E-state index in [-0.39, 0.29) is 18.9 Å². The number of hydrogen-bond acceptors (Lipinski definition) is 5. The number of rotatable bonds is 6. The van der Waals surface area contributed by atoms with Gasteiger partial charge in [-0.3, -0.25) is 4.79 Å². The number of benzene rings is 1. The molecule has 1 aromatic carbocycles. The summed E-state index contributed by atoms with van der Waals surface area (Å²) in [6.45, 7) is 9.93. The number of aryl methyl sites for hydroxylation is 1. The van der Waals surface area contributed by atoms with E-state index in [0.717, 1.165) is 16.9 Å². The highest BCUT2D eigenvalue weighted by atomic mass is 16.6. The van der Waals surface area contributed by atoms with E-state index in [9.17, 15) is 9.59 Å². The number of aromatic nitrogens is 2. The molecule has 0 saturated carbocycles. The second-order valence-corrected chi connectivity index (χ2v) is 6.77. The van der Waals surface area contributed by atoms with Gasteiger partial charge in [0.2, 0.25) is 0 Å². The van der Waals surface area contributed by atoms with Gasteiger partial charge in [-0.1, -0.05) is 0 Å². The summed E-state index contributed by atoms with van der Waals surface area (Å²) in [4.78, 5) is 27.4. The van der Waals surface area contributed by atoms with Gasteiger partial charge in [0, 0.05) is 12.6 Å². The molecule has 1 heterocycles. The molecule has 0 saturated heterocycles. The van der Waals surface area contributed by atoms with Gasteiger partial charge in [0.1, 0.15) is 23.8 Å². The van der Waals surface area contributed by atoms with Crippen LogP contribution in [0, 0.1) is 0 Å². The normalized spacial score (nSPS) is 11.4. The van der Waals surface area contributed by atoms with Crippen molar-refractivity contribution >= 4 is 22.9 Å². The zero-order valence-corrected chi connectivity index (χ0v) is 15.4. The molecule has 1 aromatic heterocycles. The second-order valence-electron chi connectivity index (χ2n) is 6.77. The van der Waals surface area contributed by atoms with Crippen molar-refractivity contribution in [1.29, 1.82) is 0 Å². The molecular formula is C18H25N3O4. The molecule has 0 spiro atoms. The van der Waals surface area contributed by atoms with Gasteiger partial charge >= 0.3 is 6.09 Å². The molecule has 0 aliphatic heterocycles. The van der Waals surface area contributed by atoms with Crippen LogP contribution in [0.1, 0.15) is 40.4 Å². The van der Waals surface area contributed by atoms with E-state index in [1.165, 1.54) is 6.92 Å². The summed E-state index contributed by atoms with van der Waals surface area (Å²) in [6.07, 6.45) is -0.479. The lowest BCUT2D eigenvalue weighted by molar-refractivity contribution is -0.118. The zero-order chi connectivity index (χ0) is 18.6. The first-order valence-electron chi connectivity index (χ1n) is 8.28. The lowest BCUT2D eigenvalue weighted by Gasteiger charge is -2.19. The van der Waals surface area contributed by atoms with Crippen molar-refractivity contribution in [2.75, 3.05) is 6.61 Å². The third kappa shape index (κ3) is 5.20. The van der Waals surface area contributed by atoms with Crippen LogP contribution in [0.5, 0.6) is 5.75 Å². The lowest BCUT2D eigenvalue weighted by Crippen LogP contribution is -2.32. The Bertz CT molecular complexity index is 774. The van der Waals surface area contributed by atoms with E-state index in [4.69, 9.17) is 9.47 Å². The van der Waals surface area contributed by atoms with E-state index < -0.39 is 11.7 Å². The van der Waals surface area contributed by atoms with Crippen LogP contribution in [0.3, 0.4) is 0 Å². The molecule has 1 N–H and O–H groups in total. The number of nitrogens with zero attached hydrogens (tertiary/aromatic N) is 2. The molecule has 136 valence electrons. The standard InChI is InChI=1S/C18H25N3O4/c1-6-21-15-9-13(24-11-12(2)22)7-8-14(15)20-16(21)10-19-17(23)25-18(3,4)5/h7-9H,6,10-11H2,1-5H3,(H,19,23). The Labute approximate surface area is 147 Å². The van der Waals surface area contributed by atoms with Gasteiger partial charge in [-0.15, -0.1) is 0 Å². The summed E-state index contributed by atoms with van der Waals surface area (Å²) in [5, 5.41) is 2.73. The van der Waals surface area contributed by atoms with E-state index in [2.05, 4.69) is 10.3 Å². The summed E-state index contributed by atoms with van der Waals surface area (Å²) < 4.78 is 12.7. The minimum absolute atomic E-state index is 0.0358. The number of nitrogens with one attached hydrogen (secondary N) is 1. The van der Waals surface area contributed by atoms with Gasteiger partial charge < -0.3 is 19.4 Å². The smallest absolute Gasteiger partial charge is 0.408 e. The van der Waals surface area contributed by atoms with Gasteiger partial charge in [0.15, 0.2) is 5.78 Å². The van der Waals surface area contributed by atoms with Crippen LogP contribution in [0.2, 0.25) is 0 Å². The fourth-order valence-electron chi connectivity index (χ4n) is 2.38. The number of carbonyl (C=O) groups is 2. The lowest BCUT2D eigenvalue weighted by atomic mass is 10.2. The van der Waals surface area contributed by atoms with Crippen LogP contribution < -0.4 is 10.1 Å². The first-order valence-corrected chi connectivity index (χ1v) is 8.28. The summed E-state index contributed by atoms with van der Waals surface area (Å²) in [5.74, 6) is 1.31. The number of ether oxygens (including phenoxy) is 2. The van der Waals surface area contributed by atoms with E-state index in [0.29, 0.717) is 12.3 Å². The van der Waals surface area contributed by atoms with Crippen molar-refractivity contribution in [2.24, 2.45) is 0 Å². The van der Waals surface area contributed by atoms with Gasteiger partial charge in [0.05, 0.1) is 17.6 Å². The Kier molecular flexibility index (Phi) is 5.66. The monoisotopic (exact) mass is 347 g/mol. The summed E-state index contributed by atoms with van der Waals surface area (Å²) in [5.41, 5.74) is 1.15. The maximum Gasteiger partial charge on any atom is 0.408 e. The Morgan fingerprint density at radius 2 is 2.00 bits per heavy atom. The number of ketones is 1. The van der Waals surface area contributed by atoms with E-state index in [1.807, 2.05) is 44.4 Å². The van der Waals surface area contributed by atoms with Crippen molar-refractivity contribution in [3.63, 3.8) is 0 Å².